The maximum Gasteiger partial charge on any atom is 0.127 e. The van der Waals surface area contributed by atoms with Crippen LogP contribution in [-0.4, -0.2) is 10.2 Å². The van der Waals surface area contributed by atoms with Gasteiger partial charge in [0.05, 0.1) is 5.56 Å². The number of hydrogen-bond donors (Lipinski definition) is 2. The van der Waals surface area contributed by atoms with Crippen molar-refractivity contribution in [3.05, 3.63) is 47.0 Å². The minimum Gasteiger partial charge on any atom is -0.507 e. The third kappa shape index (κ3) is 2.38. The molecule has 2 nitrogen and oxygen atoms in total. The Morgan fingerprint density at radius 3 is 1.75 bits per heavy atom. The van der Waals surface area contributed by atoms with Gasteiger partial charge in [0.2, 0.25) is 0 Å². The Hall–Kier alpha value is -1.96. The first kappa shape index (κ1) is 14.4. The summed E-state index contributed by atoms with van der Waals surface area (Å²) < 4.78 is 0. The van der Waals surface area contributed by atoms with Crippen LogP contribution >= 0.6 is 0 Å². The topological polar surface area (TPSA) is 40.5 Å². The maximum absolute atomic E-state index is 10.2. The van der Waals surface area contributed by atoms with Crippen LogP contribution in [0.5, 0.6) is 11.5 Å². The lowest BCUT2D eigenvalue weighted by molar-refractivity contribution is 0.454. The molecule has 0 aliphatic carbocycles. The van der Waals surface area contributed by atoms with Gasteiger partial charge in [-0.1, -0.05) is 39.0 Å². The highest BCUT2D eigenvalue weighted by Gasteiger charge is 2.18. The summed E-state index contributed by atoms with van der Waals surface area (Å²) in [5.74, 6) is 0.283. The molecular weight excluding hydrogens is 248 g/mol. The molecule has 2 rings (SSSR count). The van der Waals surface area contributed by atoms with E-state index in [0.29, 0.717) is 5.56 Å². The van der Waals surface area contributed by atoms with Gasteiger partial charge in [-0.15, -0.1) is 0 Å². The summed E-state index contributed by atoms with van der Waals surface area (Å²) in [5, 5.41) is 20.4. The average Bonchev–Trinajstić information content (AvgIpc) is 2.46. The molecule has 2 aromatic carbocycles. The summed E-state index contributed by atoms with van der Waals surface area (Å²) in [5.41, 5.74) is 5.24. The Kier molecular flexibility index (Phi) is 4.33. The predicted molar refractivity (Wildman–Crippen MR) is 83.3 cm³/mol. The van der Waals surface area contributed by atoms with Gasteiger partial charge in [-0.2, -0.15) is 0 Å². The molecule has 0 unspecified atom stereocenters. The van der Waals surface area contributed by atoms with Crippen molar-refractivity contribution in [2.45, 2.75) is 40.0 Å². The Labute approximate surface area is 120 Å². The third-order valence-corrected chi connectivity index (χ3v) is 3.88. The number of benzene rings is 2. The first-order valence-electron chi connectivity index (χ1n) is 7.28. The Morgan fingerprint density at radius 1 is 0.700 bits per heavy atom. The van der Waals surface area contributed by atoms with Crippen LogP contribution in [0.4, 0.5) is 0 Å². The molecule has 0 spiro atoms. The van der Waals surface area contributed by atoms with Crippen molar-refractivity contribution >= 4 is 0 Å². The lowest BCUT2D eigenvalue weighted by atomic mass is 9.87. The van der Waals surface area contributed by atoms with Crippen molar-refractivity contribution in [2.24, 2.45) is 0 Å². The molecule has 0 saturated heterocycles. The Morgan fingerprint density at radius 2 is 1.25 bits per heavy atom. The van der Waals surface area contributed by atoms with Gasteiger partial charge in [-0.25, -0.2) is 0 Å². The molecule has 0 amide bonds. The minimum atomic E-state index is 0.141. The summed E-state index contributed by atoms with van der Waals surface area (Å²) in [7, 11) is 0. The number of hydrogen-bond acceptors (Lipinski definition) is 2. The monoisotopic (exact) mass is 270 g/mol. The Bertz CT molecular complexity index is 595. The summed E-state index contributed by atoms with van der Waals surface area (Å²) in [4.78, 5) is 0. The molecular formula is C18H22O2. The maximum atomic E-state index is 10.2. The quantitative estimate of drug-likeness (QED) is 0.861. The Balaban J connectivity index is 2.83. The second-order valence-corrected chi connectivity index (χ2v) is 4.97. The smallest absolute Gasteiger partial charge is 0.127 e. The molecule has 0 bridgehead atoms. The molecule has 0 radical (unpaired) electrons. The van der Waals surface area contributed by atoms with Crippen molar-refractivity contribution < 1.29 is 10.2 Å². The predicted octanol–water partition coefficient (Wildman–Crippen LogP) is 4.45. The number of phenolic OH excluding ortho intramolecular Hbond substituents is 2. The van der Waals surface area contributed by atoms with E-state index >= 15 is 0 Å². The zero-order chi connectivity index (χ0) is 14.7. The van der Waals surface area contributed by atoms with Crippen LogP contribution in [0.3, 0.4) is 0 Å². The fraction of sp³-hybridized carbons (Fsp3) is 0.333. The summed E-state index contributed by atoms with van der Waals surface area (Å²) in [6, 6.07) is 9.20. The minimum absolute atomic E-state index is 0.141. The van der Waals surface area contributed by atoms with E-state index in [-0.39, 0.29) is 11.5 Å². The van der Waals surface area contributed by atoms with E-state index in [1.54, 1.807) is 18.2 Å². The molecule has 0 heterocycles. The molecule has 20 heavy (non-hydrogen) atoms. The molecule has 0 aromatic heterocycles. The number of aryl methyl sites for hydroxylation is 2. The highest BCUT2D eigenvalue weighted by atomic mass is 16.3. The van der Waals surface area contributed by atoms with Gasteiger partial charge in [0, 0.05) is 0 Å². The van der Waals surface area contributed by atoms with Crippen LogP contribution in [0.15, 0.2) is 30.3 Å². The van der Waals surface area contributed by atoms with Crippen LogP contribution in [0.2, 0.25) is 0 Å². The zero-order valence-corrected chi connectivity index (χ0v) is 12.4. The molecule has 2 N–H and O–H groups in total. The molecule has 2 heteroatoms. The van der Waals surface area contributed by atoms with Gasteiger partial charge in [-0.3, -0.25) is 0 Å². The third-order valence-electron chi connectivity index (χ3n) is 3.88. The van der Waals surface area contributed by atoms with Crippen LogP contribution in [-0.2, 0) is 19.3 Å². The molecule has 0 fully saturated rings. The standard InChI is InChI=1S/C18H22O2/c1-4-12-10-11-13(5-2)17(14(12)6-3)18-15(19)8-7-9-16(18)20/h7-11,19-20H,4-6H2,1-3H3. The van der Waals surface area contributed by atoms with Crippen molar-refractivity contribution in [2.75, 3.05) is 0 Å². The van der Waals surface area contributed by atoms with E-state index in [1.165, 1.54) is 11.1 Å². The molecule has 106 valence electrons. The lowest BCUT2D eigenvalue weighted by Crippen LogP contribution is -2.00. The van der Waals surface area contributed by atoms with Crippen LogP contribution in [0.25, 0.3) is 11.1 Å². The molecule has 0 atom stereocenters. The first-order chi connectivity index (χ1) is 9.63. The van der Waals surface area contributed by atoms with Crippen LogP contribution < -0.4 is 0 Å². The van der Waals surface area contributed by atoms with Gasteiger partial charge < -0.3 is 10.2 Å². The molecule has 2 aromatic rings. The lowest BCUT2D eigenvalue weighted by Gasteiger charge is -2.19. The summed E-state index contributed by atoms with van der Waals surface area (Å²) in [6.45, 7) is 6.35. The fourth-order valence-corrected chi connectivity index (χ4v) is 2.87. The second kappa shape index (κ2) is 6.00. The normalized spacial score (nSPS) is 10.8. The van der Waals surface area contributed by atoms with Crippen molar-refractivity contribution in [1.82, 2.24) is 0 Å². The second-order valence-electron chi connectivity index (χ2n) is 4.97. The summed E-state index contributed by atoms with van der Waals surface area (Å²) in [6.07, 6.45) is 2.72. The van der Waals surface area contributed by atoms with Gasteiger partial charge in [0.25, 0.3) is 0 Å². The summed E-state index contributed by atoms with van der Waals surface area (Å²) >= 11 is 0. The first-order valence-corrected chi connectivity index (χ1v) is 7.28. The number of rotatable bonds is 4. The van der Waals surface area contributed by atoms with E-state index in [1.807, 2.05) is 0 Å². The molecule has 0 saturated carbocycles. The van der Waals surface area contributed by atoms with Gasteiger partial charge in [-0.05, 0) is 53.6 Å². The fourth-order valence-electron chi connectivity index (χ4n) is 2.87. The highest BCUT2D eigenvalue weighted by Crippen LogP contribution is 2.42. The van der Waals surface area contributed by atoms with E-state index in [2.05, 4.69) is 32.9 Å². The molecule has 0 aliphatic rings. The SMILES string of the molecule is CCc1ccc(CC)c(-c2c(O)cccc2O)c1CC. The van der Waals surface area contributed by atoms with Crippen LogP contribution in [0, 0.1) is 0 Å². The largest absolute Gasteiger partial charge is 0.507 e. The van der Waals surface area contributed by atoms with Crippen LogP contribution in [0.1, 0.15) is 37.5 Å². The average molecular weight is 270 g/mol. The van der Waals surface area contributed by atoms with Crippen molar-refractivity contribution in [3.63, 3.8) is 0 Å². The van der Waals surface area contributed by atoms with Crippen molar-refractivity contribution in [3.8, 4) is 22.6 Å². The zero-order valence-electron chi connectivity index (χ0n) is 12.4. The van der Waals surface area contributed by atoms with Gasteiger partial charge in [0.1, 0.15) is 11.5 Å². The molecule has 0 aliphatic heterocycles. The van der Waals surface area contributed by atoms with Gasteiger partial charge >= 0.3 is 0 Å². The number of phenols is 2. The number of aromatic hydroxyl groups is 2. The van der Waals surface area contributed by atoms with E-state index < -0.39 is 0 Å². The van der Waals surface area contributed by atoms with Gasteiger partial charge in [0.15, 0.2) is 0 Å². The van der Waals surface area contributed by atoms with Crippen molar-refractivity contribution in [1.29, 1.82) is 0 Å². The van der Waals surface area contributed by atoms with E-state index in [9.17, 15) is 10.2 Å². The van der Waals surface area contributed by atoms with E-state index in [4.69, 9.17) is 0 Å². The van der Waals surface area contributed by atoms with E-state index in [0.717, 1.165) is 30.4 Å². The highest BCUT2D eigenvalue weighted by molar-refractivity contribution is 5.81.